The first-order valence-corrected chi connectivity index (χ1v) is 7.10. The Kier molecular flexibility index (Phi) is 5.18. The zero-order chi connectivity index (χ0) is 14.5. The predicted octanol–water partition coefficient (Wildman–Crippen LogP) is 3.81. The number of aliphatic hydroxyl groups excluding tert-OH is 1. The van der Waals surface area contributed by atoms with E-state index in [-0.39, 0.29) is 0 Å². The Labute approximate surface area is 125 Å². The van der Waals surface area contributed by atoms with Gasteiger partial charge in [-0.1, -0.05) is 53.6 Å². The van der Waals surface area contributed by atoms with Gasteiger partial charge in [0.1, 0.15) is 0 Å². The smallest absolute Gasteiger partial charge is 0.0916 e. The van der Waals surface area contributed by atoms with Crippen molar-refractivity contribution in [2.45, 2.75) is 19.6 Å². The van der Waals surface area contributed by atoms with E-state index in [2.05, 4.69) is 36.1 Å². The molecule has 1 N–H and O–H groups in total. The van der Waals surface area contributed by atoms with Gasteiger partial charge in [0.05, 0.1) is 6.10 Å². The molecule has 0 spiro atoms. The zero-order valence-electron chi connectivity index (χ0n) is 11.9. The van der Waals surface area contributed by atoms with Gasteiger partial charge in [-0.15, -0.1) is 0 Å². The van der Waals surface area contributed by atoms with Crippen LogP contribution in [0.3, 0.4) is 0 Å². The number of benzene rings is 2. The Hall–Kier alpha value is -1.35. The van der Waals surface area contributed by atoms with Gasteiger partial charge < -0.3 is 5.11 Å². The topological polar surface area (TPSA) is 23.5 Å². The van der Waals surface area contributed by atoms with Gasteiger partial charge in [0.2, 0.25) is 0 Å². The van der Waals surface area contributed by atoms with Crippen molar-refractivity contribution in [3.63, 3.8) is 0 Å². The van der Waals surface area contributed by atoms with E-state index in [1.807, 2.05) is 19.2 Å². The highest BCUT2D eigenvalue weighted by Gasteiger charge is 2.11. The van der Waals surface area contributed by atoms with Crippen LogP contribution in [0, 0.1) is 6.92 Å². The molecule has 106 valence electrons. The lowest BCUT2D eigenvalue weighted by Crippen LogP contribution is -2.24. The number of aryl methyl sites for hydroxylation is 1. The molecule has 0 radical (unpaired) electrons. The molecule has 0 heterocycles. The minimum absolute atomic E-state index is 0.498. The van der Waals surface area contributed by atoms with Crippen LogP contribution in [-0.2, 0) is 6.54 Å². The molecule has 0 fully saturated rings. The van der Waals surface area contributed by atoms with E-state index in [1.165, 1.54) is 11.1 Å². The maximum atomic E-state index is 10.2. The molecule has 0 aromatic heterocycles. The second-order valence-corrected chi connectivity index (χ2v) is 5.69. The number of likely N-dealkylation sites (N-methyl/N-ethyl adjacent to an activating group) is 1. The Bertz CT molecular complexity index is 553. The van der Waals surface area contributed by atoms with Crippen molar-refractivity contribution in [2.75, 3.05) is 13.6 Å². The van der Waals surface area contributed by atoms with Crippen LogP contribution in [0.2, 0.25) is 5.02 Å². The molecule has 0 bridgehead atoms. The molecule has 0 aliphatic carbocycles. The van der Waals surface area contributed by atoms with Crippen LogP contribution >= 0.6 is 11.6 Å². The molecular formula is C17H20ClNO. The van der Waals surface area contributed by atoms with Crippen molar-refractivity contribution < 1.29 is 5.11 Å². The number of aliphatic hydroxyl groups is 1. The van der Waals surface area contributed by atoms with Crippen LogP contribution in [0.4, 0.5) is 0 Å². The summed E-state index contributed by atoms with van der Waals surface area (Å²) in [6, 6.07) is 15.8. The third-order valence-electron chi connectivity index (χ3n) is 3.27. The van der Waals surface area contributed by atoms with Crippen LogP contribution in [0.5, 0.6) is 0 Å². The number of hydrogen-bond donors (Lipinski definition) is 1. The summed E-state index contributed by atoms with van der Waals surface area (Å²) >= 11 is 5.85. The maximum absolute atomic E-state index is 10.2. The molecule has 3 heteroatoms. The van der Waals surface area contributed by atoms with Crippen LogP contribution in [0.15, 0.2) is 48.5 Å². The van der Waals surface area contributed by atoms with Gasteiger partial charge in [0.25, 0.3) is 0 Å². The molecule has 0 aliphatic heterocycles. The SMILES string of the molecule is Cc1cccc(CN(C)CC(O)c2ccc(Cl)cc2)c1. The van der Waals surface area contributed by atoms with Crippen molar-refractivity contribution in [3.05, 3.63) is 70.2 Å². The fraction of sp³-hybridized carbons (Fsp3) is 0.294. The lowest BCUT2D eigenvalue weighted by Gasteiger charge is -2.21. The fourth-order valence-corrected chi connectivity index (χ4v) is 2.40. The number of rotatable bonds is 5. The van der Waals surface area contributed by atoms with E-state index in [0.29, 0.717) is 11.6 Å². The molecule has 0 aliphatic rings. The van der Waals surface area contributed by atoms with Crippen molar-refractivity contribution >= 4 is 11.6 Å². The van der Waals surface area contributed by atoms with Gasteiger partial charge in [0.15, 0.2) is 0 Å². The minimum Gasteiger partial charge on any atom is -0.387 e. The largest absolute Gasteiger partial charge is 0.387 e. The van der Waals surface area contributed by atoms with E-state index >= 15 is 0 Å². The molecule has 2 aromatic carbocycles. The second-order valence-electron chi connectivity index (χ2n) is 5.25. The first-order valence-electron chi connectivity index (χ1n) is 6.72. The molecule has 0 saturated carbocycles. The minimum atomic E-state index is -0.498. The number of hydrogen-bond acceptors (Lipinski definition) is 2. The number of nitrogens with zero attached hydrogens (tertiary/aromatic N) is 1. The molecule has 0 amide bonds. The van der Waals surface area contributed by atoms with E-state index in [4.69, 9.17) is 11.6 Å². The summed E-state index contributed by atoms with van der Waals surface area (Å²) in [5.74, 6) is 0. The average molecular weight is 290 g/mol. The fourth-order valence-electron chi connectivity index (χ4n) is 2.27. The summed E-state index contributed by atoms with van der Waals surface area (Å²) in [4.78, 5) is 2.12. The Morgan fingerprint density at radius 3 is 2.50 bits per heavy atom. The molecule has 1 atom stereocenters. The summed E-state index contributed by atoms with van der Waals surface area (Å²) < 4.78 is 0. The highest BCUT2D eigenvalue weighted by molar-refractivity contribution is 6.30. The monoisotopic (exact) mass is 289 g/mol. The van der Waals surface area contributed by atoms with Gasteiger partial charge >= 0.3 is 0 Å². The lowest BCUT2D eigenvalue weighted by molar-refractivity contribution is 0.124. The van der Waals surface area contributed by atoms with Gasteiger partial charge in [0, 0.05) is 18.1 Å². The highest BCUT2D eigenvalue weighted by Crippen LogP contribution is 2.18. The second kappa shape index (κ2) is 6.89. The first-order chi connectivity index (χ1) is 9.54. The van der Waals surface area contributed by atoms with E-state index in [0.717, 1.165) is 12.1 Å². The van der Waals surface area contributed by atoms with E-state index < -0.39 is 6.10 Å². The summed E-state index contributed by atoms with van der Waals surface area (Å²) in [7, 11) is 2.02. The van der Waals surface area contributed by atoms with Gasteiger partial charge in [-0.25, -0.2) is 0 Å². The summed E-state index contributed by atoms with van der Waals surface area (Å²) in [5.41, 5.74) is 3.41. The number of halogens is 1. The van der Waals surface area contributed by atoms with Gasteiger partial charge in [-0.2, -0.15) is 0 Å². The van der Waals surface area contributed by atoms with Crippen molar-refractivity contribution in [2.24, 2.45) is 0 Å². The quantitative estimate of drug-likeness (QED) is 0.905. The lowest BCUT2D eigenvalue weighted by atomic mass is 10.1. The van der Waals surface area contributed by atoms with Crippen LogP contribution < -0.4 is 0 Å². The molecule has 1 unspecified atom stereocenters. The van der Waals surface area contributed by atoms with E-state index in [9.17, 15) is 5.11 Å². The van der Waals surface area contributed by atoms with Gasteiger partial charge in [-0.05, 0) is 37.2 Å². The summed E-state index contributed by atoms with van der Waals surface area (Å²) in [6.07, 6.45) is -0.498. The molecule has 2 aromatic rings. The third kappa shape index (κ3) is 4.34. The molecular weight excluding hydrogens is 270 g/mol. The highest BCUT2D eigenvalue weighted by atomic mass is 35.5. The van der Waals surface area contributed by atoms with Crippen LogP contribution in [0.1, 0.15) is 22.8 Å². The summed E-state index contributed by atoms with van der Waals surface area (Å²) in [5, 5.41) is 10.9. The molecule has 2 rings (SSSR count). The first kappa shape index (κ1) is 15.0. The van der Waals surface area contributed by atoms with Gasteiger partial charge in [-0.3, -0.25) is 4.90 Å². The normalized spacial score (nSPS) is 12.7. The van der Waals surface area contributed by atoms with Crippen molar-refractivity contribution in [1.29, 1.82) is 0 Å². The molecule has 2 nitrogen and oxygen atoms in total. The average Bonchev–Trinajstić information content (AvgIpc) is 2.39. The van der Waals surface area contributed by atoms with Crippen molar-refractivity contribution in [1.82, 2.24) is 4.90 Å². The Balaban J connectivity index is 1.93. The Morgan fingerprint density at radius 2 is 1.85 bits per heavy atom. The molecule has 20 heavy (non-hydrogen) atoms. The predicted molar refractivity (Wildman–Crippen MR) is 83.9 cm³/mol. The summed E-state index contributed by atoms with van der Waals surface area (Å²) in [6.45, 7) is 3.51. The standard InChI is InChI=1S/C17H20ClNO/c1-13-4-3-5-14(10-13)11-19(2)12-17(20)15-6-8-16(18)9-7-15/h3-10,17,20H,11-12H2,1-2H3. The van der Waals surface area contributed by atoms with E-state index in [1.54, 1.807) is 12.1 Å². The third-order valence-corrected chi connectivity index (χ3v) is 3.53. The zero-order valence-corrected chi connectivity index (χ0v) is 12.6. The van der Waals surface area contributed by atoms with Crippen LogP contribution in [0.25, 0.3) is 0 Å². The van der Waals surface area contributed by atoms with Crippen LogP contribution in [-0.4, -0.2) is 23.6 Å². The Morgan fingerprint density at radius 1 is 1.15 bits per heavy atom. The molecule has 0 saturated heterocycles. The maximum Gasteiger partial charge on any atom is 0.0916 e. The van der Waals surface area contributed by atoms with Crippen molar-refractivity contribution in [3.8, 4) is 0 Å².